The number of ether oxygens (including phenoxy) is 2. The highest BCUT2D eigenvalue weighted by molar-refractivity contribution is 7.91. The first-order valence-electron chi connectivity index (χ1n) is 8.53. The molecule has 1 aromatic carbocycles. The molecule has 0 saturated carbocycles. The first-order chi connectivity index (χ1) is 12.7. The summed E-state index contributed by atoms with van der Waals surface area (Å²) in [6, 6.07) is 3.84. The van der Waals surface area contributed by atoms with Crippen molar-refractivity contribution in [3.05, 3.63) is 18.2 Å². The zero-order chi connectivity index (χ0) is 19.7. The maximum Gasteiger partial charge on any atom is 0.243 e. The summed E-state index contributed by atoms with van der Waals surface area (Å²) in [5.74, 6) is 0.204. The zero-order valence-electron chi connectivity index (χ0n) is 14.9. The summed E-state index contributed by atoms with van der Waals surface area (Å²) in [6.45, 7) is 0.516. The Balaban J connectivity index is 1.67. The van der Waals surface area contributed by atoms with Gasteiger partial charge in [0.25, 0.3) is 0 Å². The van der Waals surface area contributed by atoms with Crippen molar-refractivity contribution < 1.29 is 31.1 Å². The number of sulfone groups is 1. The van der Waals surface area contributed by atoms with Gasteiger partial charge in [-0.3, -0.25) is 4.79 Å². The molecule has 1 aromatic rings. The summed E-state index contributed by atoms with van der Waals surface area (Å²) < 4.78 is 60.3. The molecule has 0 bridgehead atoms. The molecule has 3 rings (SSSR count). The zero-order valence-corrected chi connectivity index (χ0v) is 16.5. The van der Waals surface area contributed by atoms with E-state index in [1.807, 2.05) is 0 Å². The Morgan fingerprint density at radius 2 is 1.96 bits per heavy atom. The molecule has 1 atom stereocenters. The van der Waals surface area contributed by atoms with Gasteiger partial charge in [-0.2, -0.15) is 4.31 Å². The fourth-order valence-corrected chi connectivity index (χ4v) is 5.77. The van der Waals surface area contributed by atoms with Gasteiger partial charge in [0.15, 0.2) is 21.3 Å². The first-order valence-corrected chi connectivity index (χ1v) is 11.8. The minimum atomic E-state index is -3.92. The van der Waals surface area contributed by atoms with Crippen molar-refractivity contribution >= 4 is 25.8 Å². The quantitative estimate of drug-likeness (QED) is 0.702. The van der Waals surface area contributed by atoms with E-state index in [1.54, 1.807) is 0 Å². The molecule has 0 spiro atoms. The molecule has 1 N–H and O–H groups in total. The summed E-state index contributed by atoms with van der Waals surface area (Å²) >= 11 is 0. The van der Waals surface area contributed by atoms with E-state index in [2.05, 4.69) is 5.32 Å². The highest BCUT2D eigenvalue weighted by Crippen LogP contribution is 2.32. The highest BCUT2D eigenvalue weighted by Gasteiger charge is 2.30. The number of carbonyl (C=O) groups is 1. The van der Waals surface area contributed by atoms with Gasteiger partial charge in [0.05, 0.1) is 36.2 Å². The Morgan fingerprint density at radius 1 is 1.26 bits per heavy atom. The highest BCUT2D eigenvalue weighted by atomic mass is 32.2. The second-order valence-electron chi connectivity index (χ2n) is 6.59. The number of likely N-dealkylation sites (N-methyl/N-ethyl adjacent to an activating group) is 1. The largest absolute Gasteiger partial charge is 0.490 e. The van der Waals surface area contributed by atoms with E-state index in [1.165, 1.54) is 25.2 Å². The number of hydrogen-bond donors (Lipinski definition) is 1. The minimum absolute atomic E-state index is 0.00880. The number of benzene rings is 1. The molecule has 9 nitrogen and oxygen atoms in total. The Hall–Kier alpha value is -1.85. The van der Waals surface area contributed by atoms with E-state index in [0.29, 0.717) is 37.6 Å². The molecule has 2 heterocycles. The number of nitrogens with one attached hydrogen (secondary N) is 1. The molecule has 1 saturated heterocycles. The molecule has 1 fully saturated rings. The van der Waals surface area contributed by atoms with Gasteiger partial charge in [-0.15, -0.1) is 0 Å². The van der Waals surface area contributed by atoms with Crippen molar-refractivity contribution in [2.24, 2.45) is 0 Å². The van der Waals surface area contributed by atoms with E-state index in [9.17, 15) is 21.6 Å². The third kappa shape index (κ3) is 4.71. The standard InChI is InChI=1S/C16H22N2O7S2/c1-18(10-16(19)17-12-5-8-26(20,21)11-12)27(22,23)13-3-4-14-15(9-13)25-7-2-6-24-14/h3-4,9,12H,2,5-8,10-11H2,1H3,(H,17,19). The van der Waals surface area contributed by atoms with E-state index in [0.717, 1.165) is 4.31 Å². The van der Waals surface area contributed by atoms with Crippen LogP contribution in [0.1, 0.15) is 12.8 Å². The van der Waals surface area contributed by atoms with Crippen molar-refractivity contribution in [3.8, 4) is 11.5 Å². The average molecular weight is 418 g/mol. The number of fused-ring (bicyclic) bond motifs is 1. The third-order valence-corrected chi connectivity index (χ3v) is 7.96. The number of hydrogen-bond acceptors (Lipinski definition) is 7. The molecule has 0 aliphatic carbocycles. The maximum atomic E-state index is 12.7. The lowest BCUT2D eigenvalue weighted by atomic mass is 10.2. The van der Waals surface area contributed by atoms with Crippen LogP contribution in [0.2, 0.25) is 0 Å². The van der Waals surface area contributed by atoms with Crippen LogP contribution in [0.3, 0.4) is 0 Å². The van der Waals surface area contributed by atoms with Gasteiger partial charge in [0, 0.05) is 25.6 Å². The number of carbonyl (C=O) groups excluding carboxylic acids is 1. The molecule has 2 aliphatic rings. The van der Waals surface area contributed by atoms with Crippen molar-refractivity contribution in [2.45, 2.75) is 23.8 Å². The fourth-order valence-electron chi connectivity index (χ4n) is 2.95. The van der Waals surface area contributed by atoms with Crippen molar-refractivity contribution in [1.29, 1.82) is 0 Å². The maximum absolute atomic E-state index is 12.7. The topological polar surface area (TPSA) is 119 Å². The normalized spacial score (nSPS) is 21.6. The van der Waals surface area contributed by atoms with Crippen LogP contribution >= 0.6 is 0 Å². The molecule has 0 aromatic heterocycles. The van der Waals surface area contributed by atoms with Gasteiger partial charge < -0.3 is 14.8 Å². The summed E-state index contributed by atoms with van der Waals surface area (Å²) in [5, 5.41) is 2.58. The van der Waals surface area contributed by atoms with Gasteiger partial charge in [-0.05, 0) is 18.6 Å². The molecule has 1 amide bonds. The summed E-state index contributed by atoms with van der Waals surface area (Å²) in [5.41, 5.74) is 0. The minimum Gasteiger partial charge on any atom is -0.490 e. The van der Waals surface area contributed by atoms with Gasteiger partial charge in [-0.25, -0.2) is 16.8 Å². The smallest absolute Gasteiger partial charge is 0.243 e. The second kappa shape index (κ2) is 7.64. The van der Waals surface area contributed by atoms with Gasteiger partial charge in [-0.1, -0.05) is 0 Å². The summed E-state index contributed by atoms with van der Waals surface area (Å²) in [6.07, 6.45) is 1.04. The second-order valence-corrected chi connectivity index (χ2v) is 10.9. The lowest BCUT2D eigenvalue weighted by Crippen LogP contribution is -2.43. The van der Waals surface area contributed by atoms with E-state index < -0.39 is 38.4 Å². The van der Waals surface area contributed by atoms with Crippen LogP contribution in [0, 0.1) is 0 Å². The van der Waals surface area contributed by atoms with Crippen LogP contribution in [0.5, 0.6) is 11.5 Å². The van der Waals surface area contributed by atoms with Crippen molar-refractivity contribution in [1.82, 2.24) is 9.62 Å². The van der Waals surface area contributed by atoms with Crippen LogP contribution in [0.4, 0.5) is 0 Å². The molecule has 27 heavy (non-hydrogen) atoms. The number of nitrogens with zero attached hydrogens (tertiary/aromatic N) is 1. The van der Waals surface area contributed by atoms with Crippen LogP contribution in [-0.4, -0.2) is 71.4 Å². The molecular formula is C16H22N2O7S2. The predicted molar refractivity (Wildman–Crippen MR) is 97.1 cm³/mol. The van der Waals surface area contributed by atoms with E-state index in [4.69, 9.17) is 9.47 Å². The molecule has 1 unspecified atom stereocenters. The van der Waals surface area contributed by atoms with Crippen LogP contribution < -0.4 is 14.8 Å². The Bertz CT molecular complexity index is 928. The Kier molecular flexibility index (Phi) is 5.63. The molecule has 150 valence electrons. The van der Waals surface area contributed by atoms with Crippen LogP contribution in [0.25, 0.3) is 0 Å². The predicted octanol–water partition coefficient (Wildman–Crippen LogP) is -0.228. The number of amides is 1. The molecular weight excluding hydrogens is 396 g/mol. The fraction of sp³-hybridized carbons (Fsp3) is 0.562. The van der Waals surface area contributed by atoms with Crippen LogP contribution in [-0.2, 0) is 24.7 Å². The monoisotopic (exact) mass is 418 g/mol. The molecule has 0 radical (unpaired) electrons. The summed E-state index contributed by atoms with van der Waals surface area (Å²) in [7, 11) is -5.75. The van der Waals surface area contributed by atoms with E-state index in [-0.39, 0.29) is 16.4 Å². The van der Waals surface area contributed by atoms with Gasteiger partial charge in [0.2, 0.25) is 15.9 Å². The SMILES string of the molecule is CN(CC(=O)NC1CCS(=O)(=O)C1)S(=O)(=O)c1ccc2c(c1)OCCCO2. The third-order valence-electron chi connectivity index (χ3n) is 4.39. The van der Waals surface area contributed by atoms with Crippen LogP contribution in [0.15, 0.2) is 23.1 Å². The Morgan fingerprint density at radius 3 is 2.63 bits per heavy atom. The average Bonchev–Trinajstić information content (AvgIpc) is 2.80. The number of rotatable bonds is 5. The van der Waals surface area contributed by atoms with Crippen molar-refractivity contribution in [3.63, 3.8) is 0 Å². The summed E-state index contributed by atoms with van der Waals surface area (Å²) in [4.78, 5) is 12.1. The molecule has 2 aliphatic heterocycles. The first kappa shape index (κ1) is 19.9. The van der Waals surface area contributed by atoms with Crippen molar-refractivity contribution in [2.75, 3.05) is 38.3 Å². The number of sulfonamides is 1. The molecule has 11 heteroatoms. The Labute approximate surface area is 158 Å². The van der Waals surface area contributed by atoms with E-state index >= 15 is 0 Å². The van der Waals surface area contributed by atoms with Gasteiger partial charge >= 0.3 is 0 Å². The lowest BCUT2D eigenvalue weighted by Gasteiger charge is -2.19. The lowest BCUT2D eigenvalue weighted by molar-refractivity contribution is -0.121. The van der Waals surface area contributed by atoms with Gasteiger partial charge in [0.1, 0.15) is 0 Å².